The van der Waals surface area contributed by atoms with Gasteiger partial charge in [-0.25, -0.2) is 0 Å². The van der Waals surface area contributed by atoms with Crippen molar-refractivity contribution in [3.05, 3.63) is 53.1 Å². The van der Waals surface area contributed by atoms with Gasteiger partial charge in [-0.2, -0.15) is 0 Å². The summed E-state index contributed by atoms with van der Waals surface area (Å²) in [6.45, 7) is 1.20. The predicted octanol–water partition coefficient (Wildman–Crippen LogP) is 2.51. The van der Waals surface area contributed by atoms with Gasteiger partial charge in [-0.15, -0.1) is 0 Å². The summed E-state index contributed by atoms with van der Waals surface area (Å²) in [6.07, 6.45) is 2.50. The van der Waals surface area contributed by atoms with E-state index in [0.29, 0.717) is 22.8 Å². The van der Waals surface area contributed by atoms with E-state index in [-0.39, 0.29) is 19.4 Å². The highest BCUT2D eigenvalue weighted by Crippen LogP contribution is 2.38. The third kappa shape index (κ3) is 2.38. The third-order valence-corrected chi connectivity index (χ3v) is 4.53. The maximum atomic E-state index is 12.7. The summed E-state index contributed by atoms with van der Waals surface area (Å²) in [5, 5.41) is 3.31. The van der Waals surface area contributed by atoms with Crippen LogP contribution in [0.3, 0.4) is 0 Å². The second kappa shape index (κ2) is 5.44. The minimum Gasteiger partial charge on any atom is -0.454 e. The summed E-state index contributed by atoms with van der Waals surface area (Å²) in [7, 11) is 0. The molecule has 0 aliphatic carbocycles. The monoisotopic (exact) mass is 337 g/mol. The third-order valence-electron chi connectivity index (χ3n) is 4.53. The van der Waals surface area contributed by atoms with E-state index >= 15 is 0 Å². The molecule has 6 heteroatoms. The van der Waals surface area contributed by atoms with Crippen molar-refractivity contribution in [2.45, 2.75) is 6.42 Å². The van der Waals surface area contributed by atoms with Gasteiger partial charge >= 0.3 is 0 Å². The van der Waals surface area contributed by atoms with Crippen LogP contribution in [-0.2, 0) is 6.42 Å². The SMILES string of the molecule is O=C(C=C1NCCc2cc3c(cc21)OCO3)c1ccc2c(c1)OCO2. The molecule has 2 aromatic carbocycles. The number of carbonyl (C=O) groups excluding carboxylic acids is 1. The van der Waals surface area contributed by atoms with Gasteiger partial charge in [0, 0.05) is 29.4 Å². The average molecular weight is 337 g/mol. The van der Waals surface area contributed by atoms with E-state index in [1.165, 1.54) is 0 Å². The standard InChI is InChI=1S/C19H15NO5/c21-15(12-1-2-16-17(6-12)23-9-22-16)8-14-13-7-19-18(24-10-25-19)5-11(13)3-4-20-14/h1-2,5-8,20H,3-4,9-10H2. The van der Waals surface area contributed by atoms with E-state index in [1.807, 2.05) is 12.1 Å². The molecule has 0 bridgehead atoms. The zero-order valence-corrected chi connectivity index (χ0v) is 13.3. The van der Waals surface area contributed by atoms with Crippen molar-refractivity contribution in [2.75, 3.05) is 20.1 Å². The fourth-order valence-electron chi connectivity index (χ4n) is 3.26. The van der Waals surface area contributed by atoms with E-state index in [4.69, 9.17) is 18.9 Å². The van der Waals surface area contributed by atoms with Crippen LogP contribution in [0.1, 0.15) is 21.5 Å². The maximum Gasteiger partial charge on any atom is 0.231 e. The van der Waals surface area contributed by atoms with E-state index in [9.17, 15) is 4.79 Å². The van der Waals surface area contributed by atoms with Crippen LogP contribution < -0.4 is 24.3 Å². The Balaban J connectivity index is 1.50. The zero-order valence-electron chi connectivity index (χ0n) is 13.3. The Bertz CT molecular complexity index is 918. The van der Waals surface area contributed by atoms with Gasteiger partial charge in [0.05, 0.1) is 0 Å². The molecule has 0 saturated carbocycles. The van der Waals surface area contributed by atoms with Crippen LogP contribution in [0.15, 0.2) is 36.4 Å². The molecule has 2 aromatic rings. The number of allylic oxidation sites excluding steroid dienone is 1. The molecule has 0 saturated heterocycles. The van der Waals surface area contributed by atoms with E-state index in [1.54, 1.807) is 24.3 Å². The molecule has 0 spiro atoms. The molecule has 3 aliphatic rings. The molecule has 126 valence electrons. The number of ether oxygens (including phenoxy) is 4. The van der Waals surface area contributed by atoms with E-state index in [2.05, 4.69) is 5.32 Å². The Hall–Kier alpha value is -3.15. The number of nitrogens with one attached hydrogen (secondary N) is 1. The minimum absolute atomic E-state index is 0.0914. The predicted molar refractivity (Wildman–Crippen MR) is 89.1 cm³/mol. The molecule has 0 atom stereocenters. The van der Waals surface area contributed by atoms with Crippen molar-refractivity contribution in [1.82, 2.24) is 5.32 Å². The first-order valence-electron chi connectivity index (χ1n) is 8.10. The first kappa shape index (κ1) is 14.2. The molecule has 1 N–H and O–H groups in total. The Morgan fingerprint density at radius 1 is 0.920 bits per heavy atom. The number of hydrogen-bond acceptors (Lipinski definition) is 6. The van der Waals surface area contributed by atoms with Crippen LogP contribution in [0, 0.1) is 0 Å². The Morgan fingerprint density at radius 3 is 2.48 bits per heavy atom. The maximum absolute atomic E-state index is 12.7. The topological polar surface area (TPSA) is 66.0 Å². The van der Waals surface area contributed by atoms with Gasteiger partial charge in [-0.05, 0) is 42.3 Å². The quantitative estimate of drug-likeness (QED) is 0.671. The zero-order chi connectivity index (χ0) is 16.8. The molecular weight excluding hydrogens is 322 g/mol. The van der Waals surface area contributed by atoms with E-state index in [0.717, 1.165) is 35.5 Å². The normalized spacial score (nSPS) is 18.0. The molecule has 0 unspecified atom stereocenters. The molecule has 6 nitrogen and oxygen atoms in total. The molecule has 3 aliphatic heterocycles. The van der Waals surface area contributed by atoms with Gasteiger partial charge in [-0.3, -0.25) is 4.79 Å². The summed E-state index contributed by atoms with van der Waals surface area (Å²) >= 11 is 0. The summed E-state index contributed by atoms with van der Waals surface area (Å²) < 4.78 is 21.5. The highest BCUT2D eigenvalue weighted by Gasteiger charge is 2.22. The van der Waals surface area contributed by atoms with Gasteiger partial charge in [0.25, 0.3) is 0 Å². The lowest BCUT2D eigenvalue weighted by atomic mass is 9.95. The number of hydrogen-bond donors (Lipinski definition) is 1. The molecule has 0 aromatic heterocycles. The molecular formula is C19H15NO5. The fourth-order valence-corrected chi connectivity index (χ4v) is 3.26. The summed E-state index contributed by atoms with van der Waals surface area (Å²) in [5.41, 5.74) is 3.48. The summed E-state index contributed by atoms with van der Waals surface area (Å²) in [4.78, 5) is 12.7. The largest absolute Gasteiger partial charge is 0.454 e. The van der Waals surface area contributed by atoms with Gasteiger partial charge in [0.1, 0.15) is 0 Å². The van der Waals surface area contributed by atoms with Gasteiger partial charge in [0.15, 0.2) is 28.8 Å². The summed E-state index contributed by atoms with van der Waals surface area (Å²) in [6, 6.07) is 9.15. The molecule has 3 heterocycles. The average Bonchev–Trinajstić information content (AvgIpc) is 3.28. The van der Waals surface area contributed by atoms with Crippen LogP contribution in [0.25, 0.3) is 5.70 Å². The first-order chi connectivity index (χ1) is 12.3. The Kier molecular flexibility index (Phi) is 3.09. The molecule has 0 radical (unpaired) electrons. The van der Waals surface area contributed by atoms with Crippen molar-refractivity contribution >= 4 is 11.5 Å². The summed E-state index contributed by atoms with van der Waals surface area (Å²) in [5.74, 6) is 2.65. The van der Waals surface area contributed by atoms with E-state index < -0.39 is 0 Å². The first-order valence-corrected chi connectivity index (χ1v) is 8.10. The lowest BCUT2D eigenvalue weighted by Crippen LogP contribution is -2.23. The van der Waals surface area contributed by atoms with Crippen LogP contribution in [0.5, 0.6) is 23.0 Å². The molecule has 25 heavy (non-hydrogen) atoms. The molecule has 5 rings (SSSR count). The van der Waals surface area contributed by atoms with Crippen molar-refractivity contribution in [2.24, 2.45) is 0 Å². The van der Waals surface area contributed by atoms with Crippen molar-refractivity contribution in [1.29, 1.82) is 0 Å². The Labute approximate surface area is 144 Å². The highest BCUT2D eigenvalue weighted by molar-refractivity contribution is 6.09. The fraction of sp³-hybridized carbons (Fsp3) is 0.211. The minimum atomic E-state index is -0.0914. The van der Waals surface area contributed by atoms with Crippen molar-refractivity contribution < 1.29 is 23.7 Å². The number of rotatable bonds is 2. The van der Waals surface area contributed by atoms with Crippen molar-refractivity contribution in [3.63, 3.8) is 0 Å². The van der Waals surface area contributed by atoms with Crippen LogP contribution in [0.4, 0.5) is 0 Å². The van der Waals surface area contributed by atoms with Crippen LogP contribution >= 0.6 is 0 Å². The second-order valence-electron chi connectivity index (χ2n) is 6.03. The molecule has 0 fully saturated rings. The Morgan fingerprint density at radius 2 is 1.64 bits per heavy atom. The van der Waals surface area contributed by atoms with Gasteiger partial charge < -0.3 is 24.3 Å². The van der Waals surface area contributed by atoms with Crippen LogP contribution in [0.2, 0.25) is 0 Å². The number of fused-ring (bicyclic) bond motifs is 3. The lowest BCUT2D eigenvalue weighted by molar-refractivity contribution is 0.104. The van der Waals surface area contributed by atoms with Gasteiger partial charge in [0.2, 0.25) is 13.6 Å². The number of benzene rings is 2. The second-order valence-corrected chi connectivity index (χ2v) is 6.03. The number of ketones is 1. The van der Waals surface area contributed by atoms with Gasteiger partial charge in [-0.1, -0.05) is 0 Å². The molecule has 0 amide bonds. The van der Waals surface area contributed by atoms with Crippen LogP contribution in [-0.4, -0.2) is 25.9 Å². The highest BCUT2D eigenvalue weighted by atomic mass is 16.7. The lowest BCUT2D eigenvalue weighted by Gasteiger charge is -2.21. The van der Waals surface area contributed by atoms with Crippen molar-refractivity contribution in [3.8, 4) is 23.0 Å². The smallest absolute Gasteiger partial charge is 0.231 e. The number of carbonyl (C=O) groups is 1.